The van der Waals surface area contributed by atoms with Gasteiger partial charge >= 0.3 is 5.97 Å². The zero-order valence-electron chi connectivity index (χ0n) is 14.6. The van der Waals surface area contributed by atoms with Crippen LogP contribution < -0.4 is 10.1 Å². The lowest BCUT2D eigenvalue weighted by Crippen LogP contribution is -2.21. The van der Waals surface area contributed by atoms with Crippen molar-refractivity contribution in [3.63, 3.8) is 0 Å². The highest BCUT2D eigenvalue weighted by atomic mass is 32.1. The standard InChI is InChI=1S/C19H17FN2O4S/c1-25-15-6-5-11(7-14(15)20)8-18(24)26-10-17(23)22-19-13(9-21)12-3-2-4-16(12)27-19/h5-7H,2-4,8,10H2,1H3,(H,22,23). The molecule has 27 heavy (non-hydrogen) atoms. The van der Waals surface area contributed by atoms with Crippen molar-refractivity contribution in [3.05, 3.63) is 45.6 Å². The van der Waals surface area contributed by atoms with Crippen molar-refractivity contribution < 1.29 is 23.5 Å². The van der Waals surface area contributed by atoms with Crippen molar-refractivity contribution >= 4 is 28.2 Å². The molecule has 1 N–H and O–H groups in total. The number of nitrogens with zero attached hydrogens (tertiary/aromatic N) is 1. The molecule has 0 aliphatic heterocycles. The lowest BCUT2D eigenvalue weighted by atomic mass is 10.1. The van der Waals surface area contributed by atoms with Crippen molar-refractivity contribution in [2.45, 2.75) is 25.7 Å². The van der Waals surface area contributed by atoms with Crippen LogP contribution >= 0.6 is 11.3 Å². The van der Waals surface area contributed by atoms with Crippen LogP contribution in [0.5, 0.6) is 5.75 Å². The van der Waals surface area contributed by atoms with Crippen LogP contribution in [0.4, 0.5) is 9.39 Å². The van der Waals surface area contributed by atoms with E-state index in [2.05, 4.69) is 11.4 Å². The van der Waals surface area contributed by atoms with Gasteiger partial charge in [0.15, 0.2) is 18.2 Å². The number of halogens is 1. The first-order chi connectivity index (χ1) is 13.0. The smallest absolute Gasteiger partial charge is 0.310 e. The summed E-state index contributed by atoms with van der Waals surface area (Å²) in [4.78, 5) is 25.0. The number of hydrogen-bond acceptors (Lipinski definition) is 6. The van der Waals surface area contributed by atoms with Crippen LogP contribution in [0.25, 0.3) is 0 Å². The molecule has 1 aromatic heterocycles. The van der Waals surface area contributed by atoms with Gasteiger partial charge in [-0.1, -0.05) is 6.07 Å². The molecule has 1 heterocycles. The van der Waals surface area contributed by atoms with Crippen LogP contribution in [0, 0.1) is 17.1 Å². The second-order valence-electron chi connectivity index (χ2n) is 6.03. The Labute approximate surface area is 159 Å². The van der Waals surface area contributed by atoms with E-state index in [9.17, 15) is 19.2 Å². The minimum atomic E-state index is -0.649. The molecule has 140 valence electrons. The SMILES string of the molecule is COc1ccc(CC(=O)OCC(=O)Nc2sc3c(c2C#N)CCC3)cc1F. The number of carbonyl (C=O) groups is 2. The number of nitrogens with one attached hydrogen (secondary N) is 1. The summed E-state index contributed by atoms with van der Waals surface area (Å²) in [6.07, 6.45) is 2.62. The van der Waals surface area contributed by atoms with Crippen molar-refractivity contribution in [3.8, 4) is 11.8 Å². The minimum Gasteiger partial charge on any atom is -0.494 e. The number of thiophene rings is 1. The maximum Gasteiger partial charge on any atom is 0.310 e. The highest BCUT2D eigenvalue weighted by molar-refractivity contribution is 7.16. The first-order valence-corrected chi connectivity index (χ1v) is 9.16. The molecule has 0 fully saturated rings. The molecule has 0 saturated carbocycles. The molecule has 8 heteroatoms. The second kappa shape index (κ2) is 8.18. The van der Waals surface area contributed by atoms with E-state index in [4.69, 9.17) is 9.47 Å². The Bertz CT molecular complexity index is 933. The van der Waals surface area contributed by atoms with Crippen LogP contribution in [-0.4, -0.2) is 25.6 Å². The number of nitriles is 1. The topological polar surface area (TPSA) is 88.4 Å². The van der Waals surface area contributed by atoms with Crippen LogP contribution in [0.1, 0.15) is 28.0 Å². The Morgan fingerprint density at radius 3 is 2.89 bits per heavy atom. The number of ether oxygens (including phenoxy) is 2. The number of aryl methyl sites for hydroxylation is 1. The van der Waals surface area contributed by atoms with Crippen LogP contribution in [0.15, 0.2) is 18.2 Å². The summed E-state index contributed by atoms with van der Waals surface area (Å²) in [6.45, 7) is -0.467. The van der Waals surface area contributed by atoms with E-state index in [1.165, 1.54) is 30.6 Å². The van der Waals surface area contributed by atoms with Gasteiger partial charge in [0.2, 0.25) is 0 Å². The monoisotopic (exact) mass is 388 g/mol. The molecular weight excluding hydrogens is 371 g/mol. The Kier molecular flexibility index (Phi) is 5.72. The van der Waals surface area contributed by atoms with Gasteiger partial charge in [0.05, 0.1) is 19.1 Å². The van der Waals surface area contributed by atoms with E-state index >= 15 is 0 Å². The summed E-state index contributed by atoms with van der Waals surface area (Å²) in [5, 5.41) is 12.4. The molecular formula is C19H17FN2O4S. The van der Waals surface area contributed by atoms with Gasteiger partial charge in [-0.3, -0.25) is 9.59 Å². The van der Waals surface area contributed by atoms with Gasteiger partial charge in [0, 0.05) is 4.88 Å². The third kappa shape index (κ3) is 4.26. The normalized spacial score (nSPS) is 12.2. The fourth-order valence-electron chi connectivity index (χ4n) is 2.96. The number of carbonyl (C=O) groups excluding carboxylic acids is 2. The first kappa shape index (κ1) is 18.9. The highest BCUT2D eigenvalue weighted by Gasteiger charge is 2.23. The summed E-state index contributed by atoms with van der Waals surface area (Å²) >= 11 is 1.40. The lowest BCUT2D eigenvalue weighted by Gasteiger charge is -2.07. The number of fused-ring (bicyclic) bond motifs is 1. The maximum absolute atomic E-state index is 13.6. The fourth-order valence-corrected chi connectivity index (χ4v) is 4.21. The first-order valence-electron chi connectivity index (χ1n) is 8.34. The van der Waals surface area contributed by atoms with E-state index in [1.54, 1.807) is 6.07 Å². The minimum absolute atomic E-state index is 0.0858. The largest absolute Gasteiger partial charge is 0.494 e. The molecule has 2 aromatic rings. The van der Waals surface area contributed by atoms with Gasteiger partial charge in [-0.25, -0.2) is 4.39 Å². The summed E-state index contributed by atoms with van der Waals surface area (Å²) < 4.78 is 23.4. The zero-order chi connectivity index (χ0) is 19.4. The number of rotatable bonds is 6. The van der Waals surface area contributed by atoms with Crippen molar-refractivity contribution in [1.82, 2.24) is 0 Å². The number of benzene rings is 1. The number of hydrogen-bond donors (Lipinski definition) is 1. The molecule has 1 aliphatic carbocycles. The quantitative estimate of drug-likeness (QED) is 0.769. The summed E-state index contributed by atoms with van der Waals surface area (Å²) in [5.41, 5.74) is 1.93. The van der Waals surface area contributed by atoms with Gasteiger partial charge in [-0.2, -0.15) is 5.26 Å². The van der Waals surface area contributed by atoms with Crippen molar-refractivity contribution in [1.29, 1.82) is 5.26 Å². The highest BCUT2D eigenvalue weighted by Crippen LogP contribution is 2.38. The van der Waals surface area contributed by atoms with Gasteiger partial charge in [-0.05, 0) is 42.5 Å². The fraction of sp³-hybridized carbons (Fsp3) is 0.316. The third-order valence-corrected chi connectivity index (χ3v) is 5.42. The van der Waals surface area contributed by atoms with Gasteiger partial charge in [-0.15, -0.1) is 11.3 Å². The van der Waals surface area contributed by atoms with Crippen molar-refractivity contribution in [2.75, 3.05) is 19.0 Å². The van der Waals surface area contributed by atoms with E-state index in [-0.39, 0.29) is 12.2 Å². The van der Waals surface area contributed by atoms with E-state index < -0.39 is 24.3 Å². The van der Waals surface area contributed by atoms with Gasteiger partial charge < -0.3 is 14.8 Å². The van der Waals surface area contributed by atoms with Crippen LogP contribution in [0.2, 0.25) is 0 Å². The van der Waals surface area contributed by atoms with E-state index in [1.807, 2.05) is 0 Å². The zero-order valence-corrected chi connectivity index (χ0v) is 15.5. The number of esters is 1. The molecule has 6 nitrogen and oxygen atoms in total. The average molecular weight is 388 g/mol. The second-order valence-corrected chi connectivity index (χ2v) is 7.13. The molecule has 1 aromatic carbocycles. The Hall–Kier alpha value is -2.92. The average Bonchev–Trinajstić information content (AvgIpc) is 3.20. The summed E-state index contributed by atoms with van der Waals surface area (Å²) in [6, 6.07) is 6.29. The Balaban J connectivity index is 1.53. The van der Waals surface area contributed by atoms with E-state index in [0.29, 0.717) is 16.1 Å². The summed E-state index contributed by atoms with van der Waals surface area (Å²) in [5.74, 6) is -1.65. The van der Waals surface area contributed by atoms with Crippen LogP contribution in [-0.2, 0) is 33.6 Å². The Morgan fingerprint density at radius 1 is 1.37 bits per heavy atom. The van der Waals surface area contributed by atoms with Crippen LogP contribution in [0.3, 0.4) is 0 Å². The Morgan fingerprint density at radius 2 is 2.19 bits per heavy atom. The van der Waals surface area contributed by atoms with Gasteiger partial charge in [0.1, 0.15) is 11.1 Å². The van der Waals surface area contributed by atoms with E-state index in [0.717, 1.165) is 29.7 Å². The number of amides is 1. The third-order valence-electron chi connectivity index (χ3n) is 4.21. The number of methoxy groups -OCH3 is 1. The molecule has 1 aliphatic rings. The lowest BCUT2D eigenvalue weighted by molar-refractivity contribution is -0.146. The molecule has 0 bridgehead atoms. The van der Waals surface area contributed by atoms with Gasteiger partial charge in [0.25, 0.3) is 5.91 Å². The molecule has 0 radical (unpaired) electrons. The molecule has 0 saturated heterocycles. The molecule has 0 unspecified atom stereocenters. The maximum atomic E-state index is 13.6. The molecule has 0 spiro atoms. The molecule has 3 rings (SSSR count). The molecule has 0 atom stereocenters. The molecule has 1 amide bonds. The number of anilines is 1. The van der Waals surface area contributed by atoms with Crippen molar-refractivity contribution in [2.24, 2.45) is 0 Å². The predicted octanol–water partition coefficient (Wildman–Crippen LogP) is 2.98. The summed E-state index contributed by atoms with van der Waals surface area (Å²) in [7, 11) is 1.35. The predicted molar refractivity (Wildman–Crippen MR) is 97.3 cm³/mol.